The minimum Gasteiger partial charge on any atom is -0.443 e. The molecule has 2 heterocycles. The van der Waals surface area contributed by atoms with Gasteiger partial charge in [0, 0.05) is 18.8 Å². The van der Waals surface area contributed by atoms with E-state index in [4.69, 9.17) is 25.7 Å². The molecule has 2 aliphatic rings. The molecule has 4 rings (SSSR count). The van der Waals surface area contributed by atoms with Crippen LogP contribution < -0.4 is 16.8 Å². The number of aliphatic hydroxyl groups excluding tert-OH is 1. The lowest BCUT2D eigenvalue weighted by Gasteiger charge is -2.35. The first kappa shape index (κ1) is 32.2. The maximum Gasteiger partial charge on any atom is 0.407 e. The van der Waals surface area contributed by atoms with Gasteiger partial charge in [-0.3, -0.25) is 0 Å². The molecule has 0 aromatic heterocycles. The molecule has 11 nitrogen and oxygen atoms in total. The number of nitrogens with two attached hydrogens (primary N) is 2. The number of hydrogen-bond donors (Lipinski definition) is 4. The van der Waals surface area contributed by atoms with Gasteiger partial charge < -0.3 is 36.1 Å². The van der Waals surface area contributed by atoms with Crippen LogP contribution in [-0.2, 0) is 30.7 Å². The van der Waals surface area contributed by atoms with Gasteiger partial charge in [-0.05, 0) is 61.4 Å². The molecule has 0 bridgehead atoms. The number of hydrogen-bond acceptors (Lipinski definition) is 9. The molecule has 5 atom stereocenters. The predicted octanol–water partition coefficient (Wildman–Crippen LogP) is 2.48. The fourth-order valence-corrected chi connectivity index (χ4v) is 7.25. The minimum absolute atomic E-state index is 0.0287. The van der Waals surface area contributed by atoms with E-state index in [-0.39, 0.29) is 36.8 Å². The molecule has 0 spiro atoms. The van der Waals surface area contributed by atoms with E-state index in [1.165, 1.54) is 16.4 Å². The summed E-state index contributed by atoms with van der Waals surface area (Å²) in [5, 5.41) is 14.4. The van der Waals surface area contributed by atoms with E-state index in [2.05, 4.69) is 5.32 Å². The Morgan fingerprint density at radius 1 is 1.19 bits per heavy atom. The predicted molar refractivity (Wildman–Crippen MR) is 159 cm³/mol. The highest BCUT2D eigenvalue weighted by molar-refractivity contribution is 7.89. The van der Waals surface area contributed by atoms with Gasteiger partial charge in [-0.25, -0.2) is 13.2 Å². The van der Waals surface area contributed by atoms with Crippen LogP contribution in [0.1, 0.15) is 38.7 Å². The molecule has 0 unspecified atom stereocenters. The standard InChI is InChI=1S/C30H44N4O7S/c1-30(2,14-15-31)20-34(42(37,38)23-10-6-9-22(32)17-23)18-26(35)25(12-11-21-7-4-3-5-8-21)33-29(36)41-27-19-40-28-24(27)13-16-39-28/h3-10,17,24-28,35H,11-16,18-20,31-32H2,1-2H3,(H,33,36)/t24-,25-,26+,27-,28+/m0/s1. The van der Waals surface area contributed by atoms with Gasteiger partial charge in [-0.2, -0.15) is 4.31 Å². The van der Waals surface area contributed by atoms with Crippen LogP contribution in [0.25, 0.3) is 0 Å². The summed E-state index contributed by atoms with van der Waals surface area (Å²) in [6, 6.07) is 14.9. The van der Waals surface area contributed by atoms with Crippen molar-refractivity contribution < 1.29 is 32.5 Å². The quantitative estimate of drug-likeness (QED) is 0.237. The van der Waals surface area contributed by atoms with Gasteiger partial charge in [-0.1, -0.05) is 50.2 Å². The number of amides is 1. The number of nitrogens with zero attached hydrogens (tertiary/aromatic N) is 1. The van der Waals surface area contributed by atoms with Crippen LogP contribution in [0.15, 0.2) is 59.5 Å². The molecule has 232 valence electrons. The molecule has 42 heavy (non-hydrogen) atoms. The van der Waals surface area contributed by atoms with Crippen molar-refractivity contribution in [3.8, 4) is 0 Å². The smallest absolute Gasteiger partial charge is 0.407 e. The molecule has 12 heteroatoms. The Hall–Kier alpha value is -2.74. The Labute approximate surface area is 248 Å². The van der Waals surface area contributed by atoms with E-state index in [1.54, 1.807) is 12.1 Å². The second-order valence-electron chi connectivity index (χ2n) is 11.9. The van der Waals surface area contributed by atoms with Crippen LogP contribution in [0.5, 0.6) is 0 Å². The number of anilines is 1. The van der Waals surface area contributed by atoms with Crippen molar-refractivity contribution in [2.45, 2.75) is 69.0 Å². The van der Waals surface area contributed by atoms with E-state index < -0.39 is 39.8 Å². The van der Waals surface area contributed by atoms with Crippen LogP contribution >= 0.6 is 0 Å². The molecule has 2 saturated heterocycles. The summed E-state index contributed by atoms with van der Waals surface area (Å²) in [6.07, 6.45) is -0.549. The number of nitrogens with one attached hydrogen (secondary N) is 1. The number of rotatable bonds is 14. The molecule has 0 aliphatic carbocycles. The molecular weight excluding hydrogens is 560 g/mol. The zero-order chi connectivity index (χ0) is 30.3. The topological polar surface area (TPSA) is 166 Å². The fraction of sp³-hybridized carbons (Fsp3) is 0.567. The maximum absolute atomic E-state index is 13.9. The lowest BCUT2D eigenvalue weighted by molar-refractivity contribution is -0.0907. The average Bonchev–Trinajstić information content (AvgIpc) is 3.56. The molecule has 2 aromatic rings. The largest absolute Gasteiger partial charge is 0.443 e. The first-order valence-electron chi connectivity index (χ1n) is 14.5. The first-order chi connectivity index (χ1) is 20.0. The second kappa shape index (κ2) is 14.2. The zero-order valence-electron chi connectivity index (χ0n) is 24.4. The van der Waals surface area contributed by atoms with Gasteiger partial charge in [0.2, 0.25) is 10.0 Å². The maximum atomic E-state index is 13.9. The summed E-state index contributed by atoms with van der Waals surface area (Å²) in [6.45, 7) is 4.88. The summed E-state index contributed by atoms with van der Waals surface area (Å²) in [4.78, 5) is 13.1. The van der Waals surface area contributed by atoms with Crippen LogP contribution in [0.4, 0.5) is 10.5 Å². The van der Waals surface area contributed by atoms with Gasteiger partial charge in [0.15, 0.2) is 6.29 Å². The molecule has 0 saturated carbocycles. The van der Waals surface area contributed by atoms with E-state index in [0.29, 0.717) is 38.1 Å². The number of fused-ring (bicyclic) bond motifs is 1. The lowest BCUT2D eigenvalue weighted by Crippen LogP contribution is -2.52. The first-order valence-corrected chi connectivity index (χ1v) is 15.9. The highest BCUT2D eigenvalue weighted by Crippen LogP contribution is 2.33. The molecule has 2 fully saturated rings. The van der Waals surface area contributed by atoms with E-state index >= 15 is 0 Å². The van der Waals surface area contributed by atoms with Gasteiger partial charge in [0.1, 0.15) is 6.10 Å². The third-order valence-corrected chi connectivity index (χ3v) is 9.72. The van der Waals surface area contributed by atoms with Crippen LogP contribution in [-0.4, -0.2) is 81.3 Å². The number of alkyl carbamates (subject to hydrolysis) is 1. The summed E-state index contributed by atoms with van der Waals surface area (Å²) < 4.78 is 45.8. The molecule has 1 amide bonds. The zero-order valence-corrected chi connectivity index (χ0v) is 25.2. The third-order valence-electron chi connectivity index (χ3n) is 7.91. The summed E-state index contributed by atoms with van der Waals surface area (Å²) >= 11 is 0. The monoisotopic (exact) mass is 604 g/mol. The van der Waals surface area contributed by atoms with Crippen molar-refractivity contribution in [2.24, 2.45) is 17.1 Å². The fourth-order valence-electron chi connectivity index (χ4n) is 5.55. The Kier molecular flexibility index (Phi) is 10.8. The van der Waals surface area contributed by atoms with Crippen molar-refractivity contribution in [3.63, 3.8) is 0 Å². The normalized spacial score (nSPS) is 22.1. The minimum atomic E-state index is -4.05. The summed E-state index contributed by atoms with van der Waals surface area (Å²) in [5.74, 6) is -0.0350. The number of carbonyl (C=O) groups excluding carboxylic acids is 1. The van der Waals surface area contributed by atoms with Gasteiger partial charge in [-0.15, -0.1) is 0 Å². The number of benzene rings is 2. The van der Waals surface area contributed by atoms with Crippen molar-refractivity contribution in [1.29, 1.82) is 0 Å². The lowest BCUT2D eigenvalue weighted by atomic mass is 9.89. The number of ether oxygens (including phenoxy) is 3. The van der Waals surface area contributed by atoms with Crippen LogP contribution in [0.2, 0.25) is 0 Å². The van der Waals surface area contributed by atoms with Crippen LogP contribution in [0.3, 0.4) is 0 Å². The van der Waals surface area contributed by atoms with Crippen molar-refractivity contribution >= 4 is 21.8 Å². The molecule has 0 radical (unpaired) electrons. The van der Waals surface area contributed by atoms with Crippen molar-refractivity contribution in [2.75, 3.05) is 38.6 Å². The Morgan fingerprint density at radius 2 is 1.95 bits per heavy atom. The van der Waals surface area contributed by atoms with Crippen LogP contribution in [0, 0.1) is 11.3 Å². The average molecular weight is 605 g/mol. The number of sulfonamides is 1. The second-order valence-corrected chi connectivity index (χ2v) is 13.8. The Bertz CT molecular complexity index is 1280. The molecule has 6 N–H and O–H groups in total. The number of carbonyl (C=O) groups is 1. The molecular formula is C30H44N4O7S. The SMILES string of the molecule is CC(C)(CCN)CN(C[C@@H](O)[C@H](CCc1ccccc1)NC(=O)O[C@H]1CO[C@H]2OCC[C@H]21)S(=O)(=O)c1cccc(N)c1. The Balaban J connectivity index is 1.54. The van der Waals surface area contributed by atoms with Crippen molar-refractivity contribution in [3.05, 3.63) is 60.2 Å². The summed E-state index contributed by atoms with van der Waals surface area (Å²) in [5.41, 5.74) is 12.6. The number of aliphatic hydroxyl groups is 1. The van der Waals surface area contributed by atoms with E-state index in [1.807, 2.05) is 44.2 Å². The van der Waals surface area contributed by atoms with E-state index in [0.717, 1.165) is 12.0 Å². The van der Waals surface area contributed by atoms with Gasteiger partial charge in [0.25, 0.3) is 0 Å². The third kappa shape index (κ3) is 8.42. The number of aryl methyl sites for hydroxylation is 1. The van der Waals surface area contributed by atoms with Gasteiger partial charge >= 0.3 is 6.09 Å². The van der Waals surface area contributed by atoms with Crippen molar-refractivity contribution in [1.82, 2.24) is 9.62 Å². The molecule has 2 aromatic carbocycles. The highest BCUT2D eigenvalue weighted by Gasteiger charge is 2.44. The molecule has 2 aliphatic heterocycles. The van der Waals surface area contributed by atoms with E-state index in [9.17, 15) is 18.3 Å². The highest BCUT2D eigenvalue weighted by atomic mass is 32.2. The van der Waals surface area contributed by atoms with Gasteiger partial charge in [0.05, 0.1) is 36.2 Å². The number of nitrogen functional groups attached to an aromatic ring is 1. The Morgan fingerprint density at radius 3 is 2.67 bits per heavy atom. The summed E-state index contributed by atoms with van der Waals surface area (Å²) in [7, 11) is -4.05.